The minimum Gasteiger partial charge on any atom is -0.490 e. The standard InChI is InChI=1S/C17H18ClN3O3S/c18-11-1-3-13(4-2-11)24-14-5-10-8-21(17(22)23)16(15(10)7-14)6-12-9-25-20-19-12/h1-4,9-10,14-16H,5-8H2,(H,22,23)/t10-,14-,15-,16?/m0/s1. The van der Waals surface area contributed by atoms with Crippen molar-refractivity contribution in [2.45, 2.75) is 31.4 Å². The lowest BCUT2D eigenvalue weighted by atomic mass is 9.91. The minimum atomic E-state index is -0.849. The molecule has 2 heterocycles. The summed E-state index contributed by atoms with van der Waals surface area (Å²) in [4.78, 5) is 13.2. The molecule has 1 aliphatic carbocycles. The summed E-state index contributed by atoms with van der Waals surface area (Å²) in [5, 5.41) is 16.2. The zero-order valence-electron chi connectivity index (χ0n) is 13.4. The number of amides is 1. The van der Waals surface area contributed by atoms with Crippen molar-refractivity contribution in [1.82, 2.24) is 14.5 Å². The SMILES string of the molecule is O=C(O)N1C[C@@H]2C[C@H](Oc3ccc(Cl)cc3)C[C@@H]2C1Cc1csnn1. The van der Waals surface area contributed by atoms with Crippen LogP contribution in [0.1, 0.15) is 18.5 Å². The van der Waals surface area contributed by atoms with E-state index in [0.29, 0.717) is 29.8 Å². The van der Waals surface area contributed by atoms with E-state index in [-0.39, 0.29) is 12.1 Å². The largest absolute Gasteiger partial charge is 0.490 e. The molecule has 1 aliphatic heterocycles. The van der Waals surface area contributed by atoms with Crippen molar-refractivity contribution in [1.29, 1.82) is 0 Å². The van der Waals surface area contributed by atoms with Crippen molar-refractivity contribution in [2.75, 3.05) is 6.54 Å². The molecule has 0 bridgehead atoms. The molecule has 1 N–H and O–H groups in total. The summed E-state index contributed by atoms with van der Waals surface area (Å²) < 4.78 is 9.98. The fraction of sp³-hybridized carbons (Fsp3) is 0.471. The van der Waals surface area contributed by atoms with Crippen LogP contribution in [0.15, 0.2) is 29.6 Å². The van der Waals surface area contributed by atoms with Crippen LogP contribution in [0.2, 0.25) is 5.02 Å². The van der Waals surface area contributed by atoms with Crippen LogP contribution in [0.25, 0.3) is 0 Å². The molecule has 25 heavy (non-hydrogen) atoms. The summed E-state index contributed by atoms with van der Waals surface area (Å²) in [5.41, 5.74) is 0.865. The highest BCUT2D eigenvalue weighted by Crippen LogP contribution is 2.44. The number of likely N-dealkylation sites (tertiary alicyclic amines) is 1. The molecular formula is C17H18ClN3O3S. The fourth-order valence-corrected chi connectivity index (χ4v) is 4.77. The molecule has 1 saturated carbocycles. The molecule has 2 aromatic rings. The van der Waals surface area contributed by atoms with Crippen molar-refractivity contribution in [3.8, 4) is 5.75 Å². The van der Waals surface area contributed by atoms with Gasteiger partial charge in [-0.15, -0.1) is 5.10 Å². The second-order valence-electron chi connectivity index (χ2n) is 6.69. The van der Waals surface area contributed by atoms with E-state index in [0.717, 1.165) is 24.3 Å². The van der Waals surface area contributed by atoms with Crippen molar-refractivity contribution in [3.63, 3.8) is 0 Å². The molecule has 1 saturated heterocycles. The molecule has 4 atom stereocenters. The lowest BCUT2D eigenvalue weighted by molar-refractivity contribution is 0.123. The van der Waals surface area contributed by atoms with E-state index < -0.39 is 6.09 Å². The quantitative estimate of drug-likeness (QED) is 0.878. The molecule has 1 aromatic carbocycles. The van der Waals surface area contributed by atoms with Crippen LogP contribution >= 0.6 is 23.1 Å². The summed E-state index contributed by atoms with van der Waals surface area (Å²) in [6.07, 6.45) is 1.63. The third kappa shape index (κ3) is 3.43. The molecule has 6 nitrogen and oxygen atoms in total. The first kappa shape index (κ1) is 16.6. The topological polar surface area (TPSA) is 75.5 Å². The van der Waals surface area contributed by atoms with Crippen LogP contribution in [-0.4, -0.2) is 44.4 Å². The number of hydrogen-bond acceptors (Lipinski definition) is 5. The first-order valence-electron chi connectivity index (χ1n) is 8.28. The third-order valence-electron chi connectivity index (χ3n) is 5.22. The fourth-order valence-electron chi connectivity index (χ4n) is 4.18. The number of benzene rings is 1. The van der Waals surface area contributed by atoms with Crippen LogP contribution in [0, 0.1) is 11.8 Å². The molecule has 132 valence electrons. The number of carboxylic acid groups (broad SMARTS) is 1. The molecule has 1 unspecified atom stereocenters. The van der Waals surface area contributed by atoms with Crippen LogP contribution in [0.4, 0.5) is 4.79 Å². The Labute approximate surface area is 154 Å². The van der Waals surface area contributed by atoms with Gasteiger partial charge in [-0.2, -0.15) is 0 Å². The van der Waals surface area contributed by atoms with Gasteiger partial charge < -0.3 is 14.7 Å². The monoisotopic (exact) mass is 379 g/mol. The van der Waals surface area contributed by atoms with Crippen molar-refractivity contribution >= 4 is 29.2 Å². The van der Waals surface area contributed by atoms with E-state index in [1.165, 1.54) is 11.5 Å². The predicted molar refractivity (Wildman–Crippen MR) is 94.2 cm³/mol. The van der Waals surface area contributed by atoms with E-state index in [2.05, 4.69) is 9.59 Å². The highest BCUT2D eigenvalue weighted by molar-refractivity contribution is 7.03. The van der Waals surface area contributed by atoms with E-state index >= 15 is 0 Å². The van der Waals surface area contributed by atoms with Crippen LogP contribution < -0.4 is 4.74 Å². The Bertz CT molecular complexity index is 740. The van der Waals surface area contributed by atoms with Gasteiger partial charge in [-0.3, -0.25) is 0 Å². The average Bonchev–Trinajstić information content (AvgIpc) is 3.28. The van der Waals surface area contributed by atoms with Crippen LogP contribution in [-0.2, 0) is 6.42 Å². The van der Waals surface area contributed by atoms with Gasteiger partial charge in [0.2, 0.25) is 0 Å². The van der Waals surface area contributed by atoms with Gasteiger partial charge in [0, 0.05) is 29.4 Å². The first-order chi connectivity index (χ1) is 12.1. The number of aromatic nitrogens is 2. The molecule has 0 spiro atoms. The summed E-state index contributed by atoms with van der Waals surface area (Å²) in [7, 11) is 0. The van der Waals surface area contributed by atoms with E-state index in [1.54, 1.807) is 4.90 Å². The number of fused-ring (bicyclic) bond motifs is 1. The summed E-state index contributed by atoms with van der Waals surface area (Å²) >= 11 is 7.21. The van der Waals surface area contributed by atoms with Gasteiger partial charge in [0.05, 0.1) is 11.8 Å². The smallest absolute Gasteiger partial charge is 0.407 e. The van der Waals surface area contributed by atoms with Crippen LogP contribution in [0.3, 0.4) is 0 Å². The van der Waals surface area contributed by atoms with E-state index in [1.807, 2.05) is 29.6 Å². The van der Waals surface area contributed by atoms with Gasteiger partial charge in [0.15, 0.2) is 0 Å². The van der Waals surface area contributed by atoms with Gasteiger partial charge in [0.1, 0.15) is 5.75 Å². The third-order valence-corrected chi connectivity index (χ3v) is 6.02. The second-order valence-corrected chi connectivity index (χ2v) is 7.74. The maximum absolute atomic E-state index is 11.6. The lowest BCUT2D eigenvalue weighted by Gasteiger charge is -2.26. The number of nitrogens with zero attached hydrogens (tertiary/aromatic N) is 3. The number of carbonyl (C=O) groups is 1. The zero-order chi connectivity index (χ0) is 17.4. The molecule has 4 rings (SSSR count). The van der Waals surface area contributed by atoms with Crippen molar-refractivity contribution in [2.24, 2.45) is 11.8 Å². The summed E-state index contributed by atoms with van der Waals surface area (Å²) in [6, 6.07) is 7.33. The van der Waals surface area contributed by atoms with Crippen LogP contribution in [0.5, 0.6) is 5.75 Å². The first-order valence-corrected chi connectivity index (χ1v) is 9.49. The Balaban J connectivity index is 1.46. The molecule has 1 amide bonds. The van der Waals surface area contributed by atoms with Crippen molar-refractivity contribution in [3.05, 3.63) is 40.4 Å². The Hall–Kier alpha value is -1.86. The van der Waals surface area contributed by atoms with E-state index in [9.17, 15) is 9.90 Å². The number of halogens is 1. The molecule has 1 aromatic heterocycles. The number of hydrogen-bond donors (Lipinski definition) is 1. The van der Waals surface area contributed by atoms with Gasteiger partial charge in [-0.25, -0.2) is 4.79 Å². The lowest BCUT2D eigenvalue weighted by Crippen LogP contribution is -2.39. The normalized spacial score (nSPS) is 28.1. The Morgan fingerprint density at radius 3 is 2.84 bits per heavy atom. The molecule has 8 heteroatoms. The van der Waals surface area contributed by atoms with Gasteiger partial charge in [0.25, 0.3) is 0 Å². The molecule has 2 fully saturated rings. The predicted octanol–water partition coefficient (Wildman–Crippen LogP) is 3.57. The number of ether oxygens (including phenoxy) is 1. The maximum Gasteiger partial charge on any atom is 0.407 e. The average molecular weight is 380 g/mol. The van der Waals surface area contributed by atoms with E-state index in [4.69, 9.17) is 16.3 Å². The van der Waals surface area contributed by atoms with Crippen molar-refractivity contribution < 1.29 is 14.6 Å². The maximum atomic E-state index is 11.6. The highest BCUT2D eigenvalue weighted by Gasteiger charge is 2.49. The second kappa shape index (κ2) is 6.80. The Morgan fingerprint density at radius 1 is 1.36 bits per heavy atom. The summed E-state index contributed by atoms with van der Waals surface area (Å²) in [6.45, 7) is 0.572. The molecule has 0 radical (unpaired) electrons. The minimum absolute atomic E-state index is 0.0507. The zero-order valence-corrected chi connectivity index (χ0v) is 15.0. The summed E-state index contributed by atoms with van der Waals surface area (Å²) in [5.74, 6) is 1.45. The molecular weight excluding hydrogens is 362 g/mol. The molecule has 2 aliphatic rings. The van der Waals surface area contributed by atoms with Gasteiger partial charge in [-0.05, 0) is 60.5 Å². The van der Waals surface area contributed by atoms with Gasteiger partial charge in [-0.1, -0.05) is 16.1 Å². The Morgan fingerprint density at radius 2 is 2.16 bits per heavy atom. The number of rotatable bonds is 4. The highest BCUT2D eigenvalue weighted by atomic mass is 35.5. The Kier molecular flexibility index (Phi) is 4.52. The van der Waals surface area contributed by atoms with Gasteiger partial charge >= 0.3 is 6.09 Å².